The zero-order valence-electron chi connectivity index (χ0n) is 10.3. The summed E-state index contributed by atoms with van der Waals surface area (Å²) in [6.07, 6.45) is 1.48. The van der Waals surface area contributed by atoms with Gasteiger partial charge in [-0.25, -0.2) is 0 Å². The fraction of sp³-hybridized carbons (Fsp3) is 0.909. The number of nitrogens with one attached hydrogen (secondary N) is 1. The molecular weight excluding hydrogens is 226 g/mol. The van der Waals surface area contributed by atoms with E-state index in [4.69, 9.17) is 5.11 Å². The standard InChI is InChI=1S/C11H23NO3S/c1-4-5-12-11(3,10(14)15)8-9(2)16-7-6-13/h9,12-13H,4-8H2,1-3H3,(H,14,15). The highest BCUT2D eigenvalue weighted by Gasteiger charge is 2.33. The second kappa shape index (κ2) is 7.92. The lowest BCUT2D eigenvalue weighted by atomic mass is 9.96. The van der Waals surface area contributed by atoms with E-state index in [2.05, 4.69) is 5.32 Å². The predicted molar refractivity (Wildman–Crippen MR) is 68.0 cm³/mol. The molecule has 0 aromatic rings. The average molecular weight is 249 g/mol. The highest BCUT2D eigenvalue weighted by molar-refractivity contribution is 7.99. The summed E-state index contributed by atoms with van der Waals surface area (Å²) in [4.78, 5) is 11.2. The number of rotatable bonds is 9. The Kier molecular flexibility index (Phi) is 7.80. The largest absolute Gasteiger partial charge is 0.480 e. The van der Waals surface area contributed by atoms with Crippen molar-refractivity contribution < 1.29 is 15.0 Å². The summed E-state index contributed by atoms with van der Waals surface area (Å²) in [5.74, 6) is -0.151. The first-order valence-electron chi connectivity index (χ1n) is 5.67. The van der Waals surface area contributed by atoms with Gasteiger partial charge in [0.15, 0.2) is 0 Å². The molecule has 0 aliphatic heterocycles. The number of aliphatic carboxylic acids is 1. The van der Waals surface area contributed by atoms with E-state index < -0.39 is 11.5 Å². The maximum Gasteiger partial charge on any atom is 0.323 e. The van der Waals surface area contributed by atoms with Gasteiger partial charge in [-0.3, -0.25) is 4.79 Å². The van der Waals surface area contributed by atoms with E-state index in [0.717, 1.165) is 6.42 Å². The Balaban J connectivity index is 4.25. The molecule has 0 aromatic heterocycles. The molecule has 2 unspecified atom stereocenters. The fourth-order valence-corrected chi connectivity index (χ4v) is 2.48. The molecule has 0 radical (unpaired) electrons. The van der Waals surface area contributed by atoms with Gasteiger partial charge < -0.3 is 15.5 Å². The number of carbonyl (C=O) groups is 1. The number of hydrogen-bond donors (Lipinski definition) is 3. The maximum atomic E-state index is 11.2. The number of hydrogen-bond acceptors (Lipinski definition) is 4. The van der Waals surface area contributed by atoms with Crippen molar-refractivity contribution in [1.29, 1.82) is 0 Å². The van der Waals surface area contributed by atoms with Gasteiger partial charge in [-0.15, -0.1) is 0 Å². The Labute approximate surface area is 102 Å². The maximum absolute atomic E-state index is 11.2. The second-order valence-electron chi connectivity index (χ2n) is 4.17. The van der Waals surface area contributed by atoms with Crippen molar-refractivity contribution >= 4 is 17.7 Å². The Hall–Kier alpha value is -0.260. The molecule has 2 atom stereocenters. The molecule has 4 nitrogen and oxygen atoms in total. The van der Waals surface area contributed by atoms with Crippen LogP contribution in [0.3, 0.4) is 0 Å². The summed E-state index contributed by atoms with van der Waals surface area (Å²) in [6.45, 7) is 6.58. The molecule has 5 heteroatoms. The van der Waals surface area contributed by atoms with Crippen molar-refractivity contribution in [2.75, 3.05) is 18.9 Å². The van der Waals surface area contributed by atoms with E-state index >= 15 is 0 Å². The molecule has 0 amide bonds. The number of carboxylic acids is 1. The molecule has 0 fully saturated rings. The van der Waals surface area contributed by atoms with Crippen LogP contribution in [0.4, 0.5) is 0 Å². The van der Waals surface area contributed by atoms with Gasteiger partial charge in [0.05, 0.1) is 6.61 Å². The van der Waals surface area contributed by atoms with Crippen LogP contribution in [0.2, 0.25) is 0 Å². The van der Waals surface area contributed by atoms with Crippen LogP contribution < -0.4 is 5.32 Å². The van der Waals surface area contributed by atoms with E-state index in [0.29, 0.717) is 18.7 Å². The Bertz CT molecular complexity index is 213. The highest BCUT2D eigenvalue weighted by Crippen LogP contribution is 2.22. The van der Waals surface area contributed by atoms with Crippen LogP contribution in [0, 0.1) is 0 Å². The SMILES string of the molecule is CCCNC(C)(CC(C)SCCO)C(=O)O. The summed E-state index contributed by atoms with van der Waals surface area (Å²) in [5, 5.41) is 21.2. The van der Waals surface area contributed by atoms with Gasteiger partial charge in [-0.05, 0) is 26.3 Å². The van der Waals surface area contributed by atoms with E-state index in [-0.39, 0.29) is 11.9 Å². The highest BCUT2D eigenvalue weighted by atomic mass is 32.2. The van der Waals surface area contributed by atoms with Crippen LogP contribution in [0.5, 0.6) is 0 Å². The molecule has 3 N–H and O–H groups in total. The van der Waals surface area contributed by atoms with E-state index in [1.165, 1.54) is 0 Å². The van der Waals surface area contributed by atoms with Gasteiger partial charge in [0.2, 0.25) is 0 Å². The number of aliphatic hydroxyl groups excluding tert-OH is 1. The third kappa shape index (κ3) is 5.72. The molecule has 0 aliphatic carbocycles. The van der Waals surface area contributed by atoms with Crippen LogP contribution in [0.15, 0.2) is 0 Å². The van der Waals surface area contributed by atoms with Crippen molar-refractivity contribution in [2.24, 2.45) is 0 Å². The van der Waals surface area contributed by atoms with Crippen molar-refractivity contribution in [1.82, 2.24) is 5.32 Å². The Morgan fingerprint density at radius 2 is 2.19 bits per heavy atom. The molecule has 0 aromatic carbocycles. The van der Waals surface area contributed by atoms with Crippen LogP contribution in [0.25, 0.3) is 0 Å². The van der Waals surface area contributed by atoms with Gasteiger partial charge in [-0.2, -0.15) is 11.8 Å². The summed E-state index contributed by atoms with van der Waals surface area (Å²) in [6, 6.07) is 0. The molecule has 0 heterocycles. The van der Waals surface area contributed by atoms with Crippen LogP contribution in [0.1, 0.15) is 33.6 Å². The third-order valence-electron chi connectivity index (χ3n) is 2.43. The van der Waals surface area contributed by atoms with Crippen LogP contribution >= 0.6 is 11.8 Å². The molecule has 96 valence electrons. The lowest BCUT2D eigenvalue weighted by Crippen LogP contribution is -2.51. The average Bonchev–Trinajstić information content (AvgIpc) is 2.23. The Morgan fingerprint density at radius 1 is 1.56 bits per heavy atom. The predicted octanol–water partition coefficient (Wildman–Crippen LogP) is 1.33. The van der Waals surface area contributed by atoms with Crippen molar-refractivity contribution in [3.63, 3.8) is 0 Å². The molecule has 0 spiro atoms. The summed E-state index contributed by atoms with van der Waals surface area (Å²) < 4.78 is 0. The number of thioether (sulfide) groups is 1. The summed E-state index contributed by atoms with van der Waals surface area (Å²) >= 11 is 1.60. The van der Waals surface area contributed by atoms with Crippen molar-refractivity contribution in [3.8, 4) is 0 Å². The normalized spacial score (nSPS) is 16.8. The van der Waals surface area contributed by atoms with Crippen LogP contribution in [-0.4, -0.2) is 45.9 Å². The summed E-state index contributed by atoms with van der Waals surface area (Å²) in [7, 11) is 0. The minimum absolute atomic E-state index is 0.140. The molecule has 16 heavy (non-hydrogen) atoms. The molecule has 0 bridgehead atoms. The molecule has 0 saturated heterocycles. The minimum atomic E-state index is -0.863. The van der Waals surface area contributed by atoms with Gasteiger partial charge in [-0.1, -0.05) is 13.8 Å². The van der Waals surface area contributed by atoms with Crippen molar-refractivity contribution in [2.45, 2.75) is 44.4 Å². The molecule has 0 rings (SSSR count). The smallest absolute Gasteiger partial charge is 0.323 e. The van der Waals surface area contributed by atoms with E-state index in [9.17, 15) is 9.90 Å². The number of aliphatic hydroxyl groups is 1. The van der Waals surface area contributed by atoms with Gasteiger partial charge >= 0.3 is 5.97 Å². The lowest BCUT2D eigenvalue weighted by Gasteiger charge is -2.29. The zero-order chi connectivity index (χ0) is 12.6. The lowest BCUT2D eigenvalue weighted by molar-refractivity contribution is -0.144. The fourth-order valence-electron chi connectivity index (χ4n) is 1.52. The van der Waals surface area contributed by atoms with E-state index in [1.54, 1.807) is 18.7 Å². The topological polar surface area (TPSA) is 69.6 Å². The van der Waals surface area contributed by atoms with E-state index in [1.807, 2.05) is 13.8 Å². The van der Waals surface area contributed by atoms with Gasteiger partial charge in [0, 0.05) is 11.0 Å². The van der Waals surface area contributed by atoms with Gasteiger partial charge in [0.25, 0.3) is 0 Å². The minimum Gasteiger partial charge on any atom is -0.480 e. The first kappa shape index (κ1) is 15.7. The third-order valence-corrected chi connectivity index (χ3v) is 3.58. The first-order chi connectivity index (χ1) is 7.46. The van der Waals surface area contributed by atoms with Crippen molar-refractivity contribution in [3.05, 3.63) is 0 Å². The monoisotopic (exact) mass is 249 g/mol. The zero-order valence-corrected chi connectivity index (χ0v) is 11.1. The Morgan fingerprint density at radius 3 is 2.62 bits per heavy atom. The molecule has 0 saturated carbocycles. The quantitative estimate of drug-likeness (QED) is 0.575. The van der Waals surface area contributed by atoms with Crippen LogP contribution in [-0.2, 0) is 4.79 Å². The second-order valence-corrected chi connectivity index (χ2v) is 5.72. The first-order valence-corrected chi connectivity index (χ1v) is 6.72. The molecule has 0 aliphatic rings. The summed E-state index contributed by atoms with van der Waals surface area (Å²) in [5.41, 5.74) is -0.863. The number of carboxylic acid groups (broad SMARTS) is 1. The van der Waals surface area contributed by atoms with Gasteiger partial charge in [0.1, 0.15) is 5.54 Å². The molecular formula is C11H23NO3S.